The monoisotopic (exact) mass is 538 g/mol. The van der Waals surface area contributed by atoms with Crippen molar-refractivity contribution in [3.8, 4) is 11.1 Å². The molecule has 1 aromatic carbocycles. The number of nitrogens with zero attached hydrogens (tertiary/aromatic N) is 4. The zero-order valence-corrected chi connectivity index (χ0v) is 21.3. The third-order valence-corrected chi connectivity index (χ3v) is 6.81. The molecule has 1 saturated carbocycles. The second-order valence-corrected chi connectivity index (χ2v) is 9.81. The van der Waals surface area contributed by atoms with E-state index in [4.69, 9.17) is 5.41 Å². The van der Waals surface area contributed by atoms with Crippen molar-refractivity contribution in [2.24, 2.45) is 13.0 Å². The molecular formula is C28H26F4N6O. The Kier molecular flexibility index (Phi) is 6.83. The number of nitrogens with one attached hydrogen (secondary N) is 2. The first-order valence-corrected chi connectivity index (χ1v) is 12.4. The number of imidazole rings is 1. The number of carbonyl (C=O) groups excluding carboxylic acids is 1. The van der Waals surface area contributed by atoms with Crippen molar-refractivity contribution < 1.29 is 22.4 Å². The molecule has 0 spiro atoms. The summed E-state index contributed by atoms with van der Waals surface area (Å²) in [4.78, 5) is 21.4. The zero-order valence-electron chi connectivity index (χ0n) is 21.3. The first-order valence-electron chi connectivity index (χ1n) is 12.4. The fraction of sp³-hybridized carbons (Fsp3) is 0.286. The minimum atomic E-state index is -4.84. The first-order chi connectivity index (χ1) is 18.5. The molecule has 0 bridgehead atoms. The number of amides is 1. The summed E-state index contributed by atoms with van der Waals surface area (Å²) in [6.07, 6.45) is 2.82. The second kappa shape index (κ2) is 10.1. The van der Waals surface area contributed by atoms with Gasteiger partial charge in [0.2, 0.25) is 5.62 Å². The molecule has 0 saturated heterocycles. The maximum absolute atomic E-state index is 16.0. The molecule has 1 atom stereocenters. The van der Waals surface area contributed by atoms with Gasteiger partial charge in [0.25, 0.3) is 5.91 Å². The fourth-order valence-corrected chi connectivity index (χ4v) is 4.65. The number of benzene rings is 1. The van der Waals surface area contributed by atoms with Crippen molar-refractivity contribution in [1.82, 2.24) is 24.4 Å². The Morgan fingerprint density at radius 1 is 1.13 bits per heavy atom. The SMILES string of the molecule is Cc1ccnc(C(NC(=O)c2cc(Cn3ccn(C)c3=N)cc(-c3cccnc3C(F)(F)F)c2F)C2CC2)c1. The number of pyridine rings is 2. The highest BCUT2D eigenvalue weighted by Crippen LogP contribution is 2.41. The first kappa shape index (κ1) is 26.3. The van der Waals surface area contributed by atoms with E-state index in [0.29, 0.717) is 11.3 Å². The molecule has 39 heavy (non-hydrogen) atoms. The highest BCUT2D eigenvalue weighted by molar-refractivity contribution is 5.96. The van der Waals surface area contributed by atoms with Gasteiger partial charge in [-0.05, 0) is 67.1 Å². The highest BCUT2D eigenvalue weighted by atomic mass is 19.4. The van der Waals surface area contributed by atoms with Crippen molar-refractivity contribution in [2.75, 3.05) is 0 Å². The van der Waals surface area contributed by atoms with Crippen LogP contribution in [-0.4, -0.2) is 25.0 Å². The van der Waals surface area contributed by atoms with Crippen LogP contribution in [0.1, 0.15) is 51.8 Å². The number of aromatic nitrogens is 4. The Balaban J connectivity index is 1.61. The third-order valence-electron chi connectivity index (χ3n) is 6.81. The summed E-state index contributed by atoms with van der Waals surface area (Å²) in [7, 11) is 1.68. The van der Waals surface area contributed by atoms with Gasteiger partial charge in [0.1, 0.15) is 5.82 Å². The van der Waals surface area contributed by atoms with Crippen LogP contribution < -0.4 is 10.9 Å². The van der Waals surface area contributed by atoms with Gasteiger partial charge in [0.05, 0.1) is 23.8 Å². The quantitative estimate of drug-likeness (QED) is 0.319. The molecule has 202 valence electrons. The zero-order chi connectivity index (χ0) is 27.9. The van der Waals surface area contributed by atoms with E-state index in [1.807, 2.05) is 19.1 Å². The molecule has 1 aliphatic rings. The van der Waals surface area contributed by atoms with Crippen LogP contribution >= 0.6 is 0 Å². The van der Waals surface area contributed by atoms with E-state index in [9.17, 15) is 18.0 Å². The summed E-state index contributed by atoms with van der Waals surface area (Å²) in [6.45, 7) is 1.95. The van der Waals surface area contributed by atoms with Crippen molar-refractivity contribution in [1.29, 1.82) is 5.41 Å². The predicted molar refractivity (Wildman–Crippen MR) is 135 cm³/mol. The molecule has 1 aliphatic carbocycles. The van der Waals surface area contributed by atoms with Gasteiger partial charge in [-0.2, -0.15) is 13.2 Å². The smallest absolute Gasteiger partial charge is 0.343 e. The van der Waals surface area contributed by atoms with E-state index in [1.165, 1.54) is 22.8 Å². The number of rotatable bonds is 7. The second-order valence-electron chi connectivity index (χ2n) is 9.81. The molecule has 3 heterocycles. The Bertz CT molecular complexity index is 1600. The van der Waals surface area contributed by atoms with E-state index in [-0.39, 0.29) is 23.6 Å². The topological polar surface area (TPSA) is 88.6 Å². The van der Waals surface area contributed by atoms with Gasteiger partial charge in [0, 0.05) is 43.0 Å². The lowest BCUT2D eigenvalue weighted by molar-refractivity contribution is -0.140. The van der Waals surface area contributed by atoms with Crippen LogP contribution in [0.15, 0.2) is 61.2 Å². The van der Waals surface area contributed by atoms with E-state index in [1.54, 1.807) is 30.2 Å². The summed E-state index contributed by atoms with van der Waals surface area (Å²) >= 11 is 0. The molecular weight excluding hydrogens is 512 g/mol. The molecule has 1 fully saturated rings. The van der Waals surface area contributed by atoms with Crippen LogP contribution in [0, 0.1) is 24.1 Å². The van der Waals surface area contributed by atoms with Crippen LogP contribution in [0.4, 0.5) is 17.6 Å². The highest BCUT2D eigenvalue weighted by Gasteiger charge is 2.38. The molecule has 2 N–H and O–H groups in total. The van der Waals surface area contributed by atoms with Crippen LogP contribution in [-0.2, 0) is 19.8 Å². The van der Waals surface area contributed by atoms with E-state index >= 15 is 4.39 Å². The lowest BCUT2D eigenvalue weighted by Gasteiger charge is -2.20. The van der Waals surface area contributed by atoms with E-state index < -0.39 is 40.8 Å². The number of hydrogen-bond donors (Lipinski definition) is 2. The molecule has 1 unspecified atom stereocenters. The van der Waals surface area contributed by atoms with Crippen LogP contribution in [0.5, 0.6) is 0 Å². The lowest BCUT2D eigenvalue weighted by atomic mass is 9.96. The summed E-state index contributed by atoms with van der Waals surface area (Å²) in [6, 6.07) is 8.25. The minimum absolute atomic E-state index is 0.0420. The molecule has 11 heteroatoms. The molecule has 3 aromatic heterocycles. The van der Waals surface area contributed by atoms with Gasteiger partial charge >= 0.3 is 6.18 Å². The minimum Gasteiger partial charge on any atom is -0.343 e. The standard InChI is InChI=1S/C28H26F4N6O/c1-16-7-9-34-22(12-16)24(18-5-6-18)36-26(39)21-14-17(15-38-11-10-37(2)27(38)33)13-20(23(21)29)19-4-3-8-35-25(19)28(30,31)32/h3-4,7-14,18,24,33H,5-6,15H2,1-2H3,(H,36,39). The van der Waals surface area contributed by atoms with Crippen molar-refractivity contribution in [3.63, 3.8) is 0 Å². The van der Waals surface area contributed by atoms with Gasteiger partial charge < -0.3 is 14.5 Å². The number of aryl methyl sites for hydroxylation is 2. The van der Waals surface area contributed by atoms with Crippen molar-refractivity contribution >= 4 is 5.91 Å². The number of carbonyl (C=O) groups is 1. The van der Waals surface area contributed by atoms with E-state index in [2.05, 4.69) is 15.3 Å². The normalized spacial score (nSPS) is 14.3. The maximum atomic E-state index is 16.0. The Labute approximate surface area is 221 Å². The average molecular weight is 539 g/mol. The number of halogens is 4. The molecule has 5 rings (SSSR count). The van der Waals surface area contributed by atoms with Gasteiger partial charge in [-0.1, -0.05) is 6.07 Å². The summed E-state index contributed by atoms with van der Waals surface area (Å²) < 4.78 is 60.5. The van der Waals surface area contributed by atoms with Crippen molar-refractivity contribution in [3.05, 3.63) is 101 Å². The van der Waals surface area contributed by atoms with Gasteiger partial charge in [0.15, 0.2) is 5.69 Å². The Morgan fingerprint density at radius 3 is 2.54 bits per heavy atom. The maximum Gasteiger partial charge on any atom is 0.433 e. The average Bonchev–Trinajstić information content (AvgIpc) is 3.69. The summed E-state index contributed by atoms with van der Waals surface area (Å²) in [5, 5.41) is 11.1. The number of hydrogen-bond acceptors (Lipinski definition) is 4. The lowest BCUT2D eigenvalue weighted by Crippen LogP contribution is -2.31. The molecule has 0 aliphatic heterocycles. The Hall–Kier alpha value is -4.28. The number of alkyl halides is 3. The fourth-order valence-electron chi connectivity index (χ4n) is 4.65. The molecule has 4 aromatic rings. The van der Waals surface area contributed by atoms with Crippen LogP contribution in [0.3, 0.4) is 0 Å². The van der Waals surface area contributed by atoms with Gasteiger partial charge in [-0.25, -0.2) is 4.39 Å². The summed E-state index contributed by atoms with van der Waals surface area (Å²) in [5.74, 6) is -1.70. The van der Waals surface area contributed by atoms with Gasteiger partial charge in [-0.15, -0.1) is 0 Å². The molecule has 0 radical (unpaired) electrons. The molecule has 1 amide bonds. The van der Waals surface area contributed by atoms with E-state index in [0.717, 1.165) is 30.7 Å². The van der Waals surface area contributed by atoms with Gasteiger partial charge in [-0.3, -0.25) is 20.2 Å². The Morgan fingerprint density at radius 2 is 1.90 bits per heavy atom. The molecule has 7 nitrogen and oxygen atoms in total. The summed E-state index contributed by atoms with van der Waals surface area (Å²) in [5.41, 5.74) is -0.412. The predicted octanol–water partition coefficient (Wildman–Crippen LogP) is 5.16. The third kappa shape index (κ3) is 5.47. The van der Waals surface area contributed by atoms with Crippen LogP contribution in [0.2, 0.25) is 0 Å². The van der Waals surface area contributed by atoms with Crippen molar-refractivity contribution in [2.45, 2.75) is 38.5 Å². The largest absolute Gasteiger partial charge is 0.433 e. The van der Waals surface area contributed by atoms with Crippen LogP contribution in [0.25, 0.3) is 11.1 Å².